The standard InChI is InChI=1S/C12H17NO3/c1-4-16-11(14)8-9(2)12-10(15-3)6-5-7-13-12/h5-7,9H,4,8H2,1-3H3. The Morgan fingerprint density at radius 3 is 2.94 bits per heavy atom. The third kappa shape index (κ3) is 3.22. The molecule has 0 fully saturated rings. The van der Waals surface area contributed by atoms with Crippen molar-refractivity contribution >= 4 is 5.97 Å². The van der Waals surface area contributed by atoms with Crippen molar-refractivity contribution in [3.05, 3.63) is 24.0 Å². The van der Waals surface area contributed by atoms with Crippen LogP contribution in [0.5, 0.6) is 5.75 Å². The highest BCUT2D eigenvalue weighted by molar-refractivity contribution is 5.70. The van der Waals surface area contributed by atoms with Gasteiger partial charge in [0.25, 0.3) is 0 Å². The van der Waals surface area contributed by atoms with Gasteiger partial charge in [-0.25, -0.2) is 0 Å². The van der Waals surface area contributed by atoms with Gasteiger partial charge in [-0.05, 0) is 19.1 Å². The van der Waals surface area contributed by atoms with Crippen LogP contribution in [0.2, 0.25) is 0 Å². The lowest BCUT2D eigenvalue weighted by Crippen LogP contribution is -2.10. The van der Waals surface area contributed by atoms with Gasteiger partial charge in [-0.3, -0.25) is 9.78 Å². The normalized spacial score (nSPS) is 11.9. The van der Waals surface area contributed by atoms with E-state index >= 15 is 0 Å². The molecule has 1 unspecified atom stereocenters. The summed E-state index contributed by atoms with van der Waals surface area (Å²) in [6.45, 7) is 4.14. The first-order chi connectivity index (χ1) is 7.69. The van der Waals surface area contributed by atoms with Crippen LogP contribution >= 0.6 is 0 Å². The summed E-state index contributed by atoms with van der Waals surface area (Å²) in [5.41, 5.74) is 0.790. The first kappa shape index (κ1) is 12.5. The fraction of sp³-hybridized carbons (Fsp3) is 0.500. The van der Waals surface area contributed by atoms with Crippen LogP contribution in [0, 0.1) is 0 Å². The minimum atomic E-state index is -0.206. The van der Waals surface area contributed by atoms with E-state index in [0.29, 0.717) is 18.8 Å². The number of carbonyl (C=O) groups excluding carboxylic acids is 1. The fourth-order valence-corrected chi connectivity index (χ4v) is 1.51. The van der Waals surface area contributed by atoms with Gasteiger partial charge in [-0.15, -0.1) is 0 Å². The first-order valence-corrected chi connectivity index (χ1v) is 5.33. The van der Waals surface area contributed by atoms with E-state index in [1.54, 1.807) is 26.3 Å². The van der Waals surface area contributed by atoms with Gasteiger partial charge in [0.1, 0.15) is 5.75 Å². The molecule has 16 heavy (non-hydrogen) atoms. The predicted molar refractivity (Wildman–Crippen MR) is 60.5 cm³/mol. The van der Waals surface area contributed by atoms with Crippen LogP contribution in [0.4, 0.5) is 0 Å². The van der Waals surface area contributed by atoms with E-state index in [1.165, 1.54) is 0 Å². The van der Waals surface area contributed by atoms with Crippen molar-refractivity contribution < 1.29 is 14.3 Å². The largest absolute Gasteiger partial charge is 0.495 e. The zero-order valence-corrected chi connectivity index (χ0v) is 9.90. The second-order valence-corrected chi connectivity index (χ2v) is 3.50. The second-order valence-electron chi connectivity index (χ2n) is 3.50. The number of nitrogens with zero attached hydrogens (tertiary/aromatic N) is 1. The number of methoxy groups -OCH3 is 1. The van der Waals surface area contributed by atoms with E-state index in [4.69, 9.17) is 9.47 Å². The van der Waals surface area contributed by atoms with E-state index in [2.05, 4.69) is 4.98 Å². The molecule has 0 bridgehead atoms. The molecule has 0 aliphatic rings. The highest BCUT2D eigenvalue weighted by Gasteiger charge is 2.16. The molecule has 1 aromatic heterocycles. The summed E-state index contributed by atoms with van der Waals surface area (Å²) in [5.74, 6) is 0.497. The van der Waals surface area contributed by atoms with E-state index in [0.717, 1.165) is 5.69 Å². The molecule has 1 aromatic rings. The molecule has 0 aromatic carbocycles. The lowest BCUT2D eigenvalue weighted by atomic mass is 10.0. The summed E-state index contributed by atoms with van der Waals surface area (Å²) in [6.07, 6.45) is 2.01. The monoisotopic (exact) mass is 223 g/mol. The zero-order chi connectivity index (χ0) is 12.0. The van der Waals surface area contributed by atoms with Crippen LogP contribution in [0.15, 0.2) is 18.3 Å². The van der Waals surface area contributed by atoms with Gasteiger partial charge < -0.3 is 9.47 Å². The summed E-state index contributed by atoms with van der Waals surface area (Å²) in [4.78, 5) is 15.6. The smallest absolute Gasteiger partial charge is 0.306 e. The Balaban J connectivity index is 2.72. The molecule has 0 saturated carbocycles. The van der Waals surface area contributed by atoms with Crippen molar-refractivity contribution in [1.82, 2.24) is 4.98 Å². The van der Waals surface area contributed by atoms with Crippen LogP contribution in [-0.4, -0.2) is 24.7 Å². The maximum Gasteiger partial charge on any atom is 0.306 e. The number of hydrogen-bond acceptors (Lipinski definition) is 4. The Morgan fingerprint density at radius 1 is 1.56 bits per heavy atom. The molecule has 4 nitrogen and oxygen atoms in total. The number of carbonyl (C=O) groups is 1. The number of hydrogen-bond donors (Lipinski definition) is 0. The van der Waals surface area contributed by atoms with Crippen molar-refractivity contribution in [2.45, 2.75) is 26.2 Å². The van der Waals surface area contributed by atoms with Gasteiger partial charge in [0, 0.05) is 12.1 Å². The second kappa shape index (κ2) is 6.10. The third-order valence-corrected chi connectivity index (χ3v) is 2.26. The summed E-state index contributed by atoms with van der Waals surface area (Å²) in [6, 6.07) is 3.64. The van der Waals surface area contributed by atoms with Gasteiger partial charge in [-0.1, -0.05) is 6.92 Å². The van der Waals surface area contributed by atoms with Crippen LogP contribution in [0.3, 0.4) is 0 Å². The van der Waals surface area contributed by atoms with Crippen molar-refractivity contribution in [2.75, 3.05) is 13.7 Å². The molecule has 88 valence electrons. The molecule has 0 N–H and O–H groups in total. The molecule has 1 rings (SSSR count). The number of esters is 1. The topological polar surface area (TPSA) is 48.4 Å². The van der Waals surface area contributed by atoms with Gasteiger partial charge >= 0.3 is 5.97 Å². The molecular formula is C12H17NO3. The SMILES string of the molecule is CCOC(=O)CC(C)c1ncccc1OC. The van der Waals surface area contributed by atoms with Gasteiger partial charge in [-0.2, -0.15) is 0 Å². The highest BCUT2D eigenvalue weighted by atomic mass is 16.5. The molecule has 1 heterocycles. The lowest BCUT2D eigenvalue weighted by Gasteiger charge is -2.13. The summed E-state index contributed by atoms with van der Waals surface area (Å²) in [5, 5.41) is 0. The van der Waals surface area contributed by atoms with E-state index in [-0.39, 0.29) is 11.9 Å². The lowest BCUT2D eigenvalue weighted by molar-refractivity contribution is -0.143. The Bertz CT molecular complexity index is 352. The molecule has 1 atom stereocenters. The molecule has 0 amide bonds. The minimum absolute atomic E-state index is 0.00444. The van der Waals surface area contributed by atoms with Crippen molar-refractivity contribution in [3.63, 3.8) is 0 Å². The number of pyridine rings is 1. The minimum Gasteiger partial charge on any atom is -0.495 e. The molecule has 0 aliphatic carbocycles. The maximum atomic E-state index is 11.3. The molecule has 0 aliphatic heterocycles. The number of rotatable bonds is 5. The van der Waals surface area contributed by atoms with Crippen molar-refractivity contribution in [1.29, 1.82) is 0 Å². The van der Waals surface area contributed by atoms with Crippen molar-refractivity contribution in [2.24, 2.45) is 0 Å². The van der Waals surface area contributed by atoms with Gasteiger partial charge in [0.05, 0.1) is 25.8 Å². The molecular weight excluding hydrogens is 206 g/mol. The fourth-order valence-electron chi connectivity index (χ4n) is 1.51. The van der Waals surface area contributed by atoms with Crippen LogP contribution < -0.4 is 4.74 Å². The van der Waals surface area contributed by atoms with Crippen LogP contribution in [0.25, 0.3) is 0 Å². The van der Waals surface area contributed by atoms with Crippen LogP contribution in [0.1, 0.15) is 31.9 Å². The van der Waals surface area contributed by atoms with Crippen molar-refractivity contribution in [3.8, 4) is 5.75 Å². The molecule has 4 heteroatoms. The van der Waals surface area contributed by atoms with E-state index < -0.39 is 0 Å². The Labute approximate surface area is 95.6 Å². The quantitative estimate of drug-likeness (QED) is 0.717. The maximum absolute atomic E-state index is 11.3. The van der Waals surface area contributed by atoms with Gasteiger partial charge in [0.2, 0.25) is 0 Å². The summed E-state index contributed by atoms with van der Waals surface area (Å²) >= 11 is 0. The average molecular weight is 223 g/mol. The Kier molecular flexibility index (Phi) is 4.76. The van der Waals surface area contributed by atoms with E-state index in [1.807, 2.05) is 13.0 Å². The predicted octanol–water partition coefficient (Wildman–Crippen LogP) is 2.15. The first-order valence-electron chi connectivity index (χ1n) is 5.33. The Morgan fingerprint density at radius 2 is 2.31 bits per heavy atom. The third-order valence-electron chi connectivity index (χ3n) is 2.26. The number of ether oxygens (including phenoxy) is 2. The Hall–Kier alpha value is -1.58. The summed E-state index contributed by atoms with van der Waals surface area (Å²) < 4.78 is 10.1. The van der Waals surface area contributed by atoms with Gasteiger partial charge in [0.15, 0.2) is 0 Å². The zero-order valence-electron chi connectivity index (χ0n) is 9.90. The highest BCUT2D eigenvalue weighted by Crippen LogP contribution is 2.26. The molecule has 0 spiro atoms. The number of aromatic nitrogens is 1. The average Bonchev–Trinajstić information content (AvgIpc) is 2.29. The van der Waals surface area contributed by atoms with Crippen LogP contribution in [-0.2, 0) is 9.53 Å². The van der Waals surface area contributed by atoms with E-state index in [9.17, 15) is 4.79 Å². The summed E-state index contributed by atoms with van der Waals surface area (Å²) in [7, 11) is 1.59. The molecule has 0 radical (unpaired) electrons. The molecule has 0 saturated heterocycles.